The van der Waals surface area contributed by atoms with Gasteiger partial charge in [0.25, 0.3) is 0 Å². The van der Waals surface area contributed by atoms with Gasteiger partial charge in [0.1, 0.15) is 0 Å². The van der Waals surface area contributed by atoms with Crippen molar-refractivity contribution in [1.29, 1.82) is 0 Å². The molecular formula is C21H18F3NO5S2. The highest BCUT2D eigenvalue weighted by molar-refractivity contribution is 7.91. The van der Waals surface area contributed by atoms with Crippen LogP contribution < -0.4 is 4.72 Å². The molecule has 2 N–H and O–H groups in total. The van der Waals surface area contributed by atoms with Gasteiger partial charge in [0.15, 0.2) is 0 Å². The predicted molar refractivity (Wildman–Crippen MR) is 110 cm³/mol. The molecule has 0 fully saturated rings. The lowest BCUT2D eigenvalue weighted by molar-refractivity contribution is -0.139. The van der Waals surface area contributed by atoms with Gasteiger partial charge in [-0.2, -0.15) is 13.2 Å². The molecule has 0 aliphatic carbocycles. The molecule has 0 amide bonds. The van der Waals surface area contributed by atoms with Crippen LogP contribution in [0.1, 0.15) is 17.2 Å². The van der Waals surface area contributed by atoms with Gasteiger partial charge >= 0.3 is 6.18 Å². The minimum atomic E-state index is -5.06. The predicted octanol–water partition coefficient (Wildman–Crippen LogP) is 3.55. The second-order valence-corrected chi connectivity index (χ2v) is 10.4. The van der Waals surface area contributed by atoms with E-state index in [1.54, 1.807) is 24.3 Å². The van der Waals surface area contributed by atoms with Gasteiger partial charge in [-0.1, -0.05) is 48.5 Å². The van der Waals surface area contributed by atoms with Crippen LogP contribution in [-0.2, 0) is 26.0 Å². The summed E-state index contributed by atoms with van der Waals surface area (Å²) in [6, 6.07) is 16.4. The quantitative estimate of drug-likeness (QED) is 0.533. The number of sulfonamides is 1. The van der Waals surface area contributed by atoms with Gasteiger partial charge in [-0.15, -0.1) is 0 Å². The maximum atomic E-state index is 13.5. The van der Waals surface area contributed by atoms with Crippen molar-refractivity contribution in [1.82, 2.24) is 4.72 Å². The van der Waals surface area contributed by atoms with Crippen LogP contribution >= 0.6 is 0 Å². The molecule has 6 nitrogen and oxygen atoms in total. The first-order chi connectivity index (χ1) is 14.9. The van der Waals surface area contributed by atoms with Gasteiger partial charge in [0.05, 0.1) is 26.4 Å². The molecule has 0 aromatic heterocycles. The molecule has 0 saturated carbocycles. The van der Waals surface area contributed by atoms with Crippen LogP contribution in [0.3, 0.4) is 0 Å². The summed E-state index contributed by atoms with van der Waals surface area (Å²) in [5.41, 5.74) is -1.17. The van der Waals surface area contributed by atoms with E-state index in [0.29, 0.717) is 23.8 Å². The Morgan fingerprint density at radius 3 is 1.94 bits per heavy atom. The maximum absolute atomic E-state index is 13.5. The number of rotatable bonds is 7. The van der Waals surface area contributed by atoms with Crippen LogP contribution in [0.4, 0.5) is 13.2 Å². The summed E-state index contributed by atoms with van der Waals surface area (Å²) in [6.07, 6.45) is -6.38. The van der Waals surface area contributed by atoms with Crippen molar-refractivity contribution in [2.75, 3.05) is 6.54 Å². The van der Waals surface area contributed by atoms with Gasteiger partial charge in [-0.25, -0.2) is 21.6 Å². The monoisotopic (exact) mass is 485 g/mol. The Balaban J connectivity index is 2.02. The Morgan fingerprint density at radius 2 is 1.38 bits per heavy atom. The largest absolute Gasteiger partial charge is 0.417 e. The van der Waals surface area contributed by atoms with Gasteiger partial charge in [-0.05, 0) is 35.9 Å². The van der Waals surface area contributed by atoms with Crippen molar-refractivity contribution in [3.8, 4) is 0 Å². The Hall–Kier alpha value is -2.73. The number of aliphatic hydroxyl groups excluding tert-OH is 1. The van der Waals surface area contributed by atoms with E-state index in [-0.39, 0.29) is 4.90 Å². The molecule has 0 aliphatic heterocycles. The molecule has 11 heteroatoms. The number of benzene rings is 3. The van der Waals surface area contributed by atoms with Crippen LogP contribution in [0.5, 0.6) is 0 Å². The number of hydrogen-bond acceptors (Lipinski definition) is 5. The van der Waals surface area contributed by atoms with E-state index >= 15 is 0 Å². The van der Waals surface area contributed by atoms with Crippen molar-refractivity contribution < 1.29 is 35.1 Å². The zero-order valence-electron chi connectivity index (χ0n) is 16.3. The first-order valence-corrected chi connectivity index (χ1v) is 12.1. The molecule has 0 saturated heterocycles. The smallest absolute Gasteiger partial charge is 0.387 e. The highest BCUT2D eigenvalue weighted by Crippen LogP contribution is 2.36. The average Bonchev–Trinajstić information content (AvgIpc) is 2.77. The van der Waals surface area contributed by atoms with E-state index in [1.165, 1.54) is 36.4 Å². The Labute approximate surface area is 183 Å². The normalized spacial score (nSPS) is 13.6. The lowest BCUT2D eigenvalue weighted by Crippen LogP contribution is -2.30. The summed E-state index contributed by atoms with van der Waals surface area (Å²) >= 11 is 0. The SMILES string of the molecule is O=S(=O)(NCC(O)c1ccccc1)c1cc(S(=O)(=O)c2ccccc2)ccc1C(F)(F)F. The van der Waals surface area contributed by atoms with Gasteiger partial charge in [-0.3, -0.25) is 0 Å². The minimum Gasteiger partial charge on any atom is -0.387 e. The molecule has 3 aromatic carbocycles. The third-order valence-corrected chi connectivity index (χ3v) is 7.79. The lowest BCUT2D eigenvalue weighted by atomic mass is 10.1. The van der Waals surface area contributed by atoms with Crippen LogP contribution in [0.25, 0.3) is 0 Å². The number of sulfone groups is 1. The summed E-state index contributed by atoms with van der Waals surface area (Å²) in [5.74, 6) is 0. The van der Waals surface area contributed by atoms with Crippen molar-refractivity contribution in [2.45, 2.75) is 27.0 Å². The lowest BCUT2D eigenvalue weighted by Gasteiger charge is -2.17. The standard InChI is InChI=1S/C21H18F3NO5S2/c22-21(23,24)18-12-11-17(31(27,28)16-9-5-2-6-10-16)13-20(18)32(29,30)25-14-19(26)15-7-3-1-4-8-15/h1-13,19,25-26H,14H2. The fourth-order valence-electron chi connectivity index (χ4n) is 2.92. The van der Waals surface area contributed by atoms with Crippen LogP contribution in [0.2, 0.25) is 0 Å². The van der Waals surface area contributed by atoms with Crippen LogP contribution in [0.15, 0.2) is 93.5 Å². The molecule has 3 aromatic rings. The fourth-order valence-corrected chi connectivity index (χ4v) is 5.59. The Kier molecular flexibility index (Phi) is 6.75. The summed E-state index contributed by atoms with van der Waals surface area (Å²) in [7, 11) is -9.10. The van der Waals surface area contributed by atoms with E-state index in [1.807, 2.05) is 4.72 Å². The third kappa shape index (κ3) is 5.18. The molecule has 0 radical (unpaired) electrons. The highest BCUT2D eigenvalue weighted by Gasteiger charge is 2.38. The number of halogens is 3. The van der Waals surface area contributed by atoms with E-state index in [4.69, 9.17) is 0 Å². The summed E-state index contributed by atoms with van der Waals surface area (Å²) in [4.78, 5) is -2.06. The highest BCUT2D eigenvalue weighted by atomic mass is 32.2. The van der Waals surface area contributed by atoms with Crippen molar-refractivity contribution in [3.63, 3.8) is 0 Å². The van der Waals surface area contributed by atoms with E-state index in [2.05, 4.69) is 0 Å². The molecule has 0 spiro atoms. The molecule has 0 bridgehead atoms. The zero-order chi connectivity index (χ0) is 23.6. The minimum absolute atomic E-state index is 0.199. The van der Waals surface area contributed by atoms with Crippen molar-refractivity contribution in [3.05, 3.63) is 90.0 Å². The van der Waals surface area contributed by atoms with Gasteiger partial charge in [0, 0.05) is 6.54 Å². The summed E-state index contributed by atoms with van der Waals surface area (Å²) in [5, 5.41) is 10.1. The Morgan fingerprint density at radius 1 is 0.812 bits per heavy atom. The third-order valence-electron chi connectivity index (χ3n) is 4.56. The maximum Gasteiger partial charge on any atom is 0.417 e. The van der Waals surface area contributed by atoms with Crippen molar-refractivity contribution >= 4 is 19.9 Å². The van der Waals surface area contributed by atoms with Gasteiger partial charge in [0.2, 0.25) is 19.9 Å². The first-order valence-electron chi connectivity index (χ1n) is 9.17. The number of alkyl halides is 3. The van der Waals surface area contributed by atoms with Crippen LogP contribution in [-0.4, -0.2) is 28.5 Å². The Bertz CT molecular complexity index is 1290. The second-order valence-electron chi connectivity index (χ2n) is 6.75. The van der Waals surface area contributed by atoms with Gasteiger partial charge < -0.3 is 5.11 Å². The van der Waals surface area contributed by atoms with E-state index in [9.17, 15) is 35.1 Å². The van der Waals surface area contributed by atoms with E-state index in [0.717, 1.165) is 0 Å². The molecular weight excluding hydrogens is 467 g/mol. The number of hydrogen-bond donors (Lipinski definition) is 2. The zero-order valence-corrected chi connectivity index (χ0v) is 18.0. The molecule has 1 unspecified atom stereocenters. The molecule has 3 rings (SSSR count). The van der Waals surface area contributed by atoms with Crippen LogP contribution in [0, 0.1) is 0 Å². The number of aliphatic hydroxyl groups is 1. The van der Waals surface area contributed by atoms with Crippen molar-refractivity contribution in [2.24, 2.45) is 0 Å². The average molecular weight is 486 g/mol. The number of nitrogens with one attached hydrogen (secondary N) is 1. The molecule has 32 heavy (non-hydrogen) atoms. The summed E-state index contributed by atoms with van der Waals surface area (Å²) < 4.78 is 93.5. The second kappa shape index (κ2) is 9.02. The molecule has 0 aliphatic rings. The topological polar surface area (TPSA) is 101 Å². The fraction of sp³-hybridized carbons (Fsp3) is 0.143. The molecule has 0 heterocycles. The molecule has 170 valence electrons. The first kappa shape index (κ1) is 23.9. The summed E-state index contributed by atoms with van der Waals surface area (Å²) in [6.45, 7) is -0.612. The molecule has 1 atom stereocenters. The van der Waals surface area contributed by atoms with E-state index < -0.39 is 54.0 Å².